The number of carbonyl (C=O) groups is 2. The van der Waals surface area contributed by atoms with Crippen LogP contribution in [-0.4, -0.2) is 53.3 Å². The van der Waals surface area contributed by atoms with Gasteiger partial charge in [-0.1, -0.05) is 0 Å². The van der Waals surface area contributed by atoms with Crippen molar-refractivity contribution in [2.24, 2.45) is 0 Å². The smallest absolute Gasteiger partial charge is 0.417 e. The standard InChI is InChI=1S/C17H21F3N2O5/c1-16(2,3)27-15(24)22-9-11(7-12(22)14(23)25-4)26-13-6-5-10(8-21-13)17(18,19)20/h5-6,8,11-12H,7,9H2,1-4H3/t11-,12-/m0/s1. The van der Waals surface area contributed by atoms with E-state index in [1.54, 1.807) is 20.8 Å². The lowest BCUT2D eigenvalue weighted by Gasteiger charge is -2.27. The van der Waals surface area contributed by atoms with Crippen molar-refractivity contribution in [3.8, 4) is 5.88 Å². The predicted molar refractivity (Wildman–Crippen MR) is 87.0 cm³/mol. The molecule has 7 nitrogen and oxygen atoms in total. The van der Waals surface area contributed by atoms with Crippen molar-refractivity contribution < 1.29 is 37.0 Å². The summed E-state index contributed by atoms with van der Waals surface area (Å²) >= 11 is 0. The molecule has 0 saturated carbocycles. The van der Waals surface area contributed by atoms with Gasteiger partial charge in [0.1, 0.15) is 17.7 Å². The lowest BCUT2D eigenvalue weighted by molar-refractivity contribution is -0.145. The van der Waals surface area contributed by atoms with Crippen molar-refractivity contribution in [3.63, 3.8) is 0 Å². The second-order valence-electron chi connectivity index (χ2n) is 7.03. The predicted octanol–water partition coefficient (Wildman–Crippen LogP) is 3.03. The number of halogens is 3. The van der Waals surface area contributed by atoms with E-state index in [2.05, 4.69) is 4.98 Å². The summed E-state index contributed by atoms with van der Waals surface area (Å²) in [6.45, 7) is 5.08. The number of esters is 1. The maximum absolute atomic E-state index is 12.6. The van der Waals surface area contributed by atoms with Gasteiger partial charge in [-0.2, -0.15) is 13.2 Å². The number of hydrogen-bond donors (Lipinski definition) is 0. The van der Waals surface area contributed by atoms with E-state index in [1.165, 1.54) is 12.0 Å². The Morgan fingerprint density at radius 3 is 2.37 bits per heavy atom. The molecule has 0 unspecified atom stereocenters. The molecule has 1 aliphatic heterocycles. The molecule has 0 aromatic carbocycles. The number of methoxy groups -OCH3 is 1. The van der Waals surface area contributed by atoms with Gasteiger partial charge in [0.25, 0.3) is 0 Å². The summed E-state index contributed by atoms with van der Waals surface area (Å²) in [5.41, 5.74) is -1.66. The fourth-order valence-corrected chi connectivity index (χ4v) is 2.55. The van der Waals surface area contributed by atoms with Crippen LogP contribution < -0.4 is 4.74 Å². The van der Waals surface area contributed by atoms with Crippen LogP contribution in [0.2, 0.25) is 0 Å². The minimum absolute atomic E-state index is 0.0113. The minimum atomic E-state index is -4.50. The number of likely N-dealkylation sites (tertiary alicyclic amines) is 1. The molecule has 2 atom stereocenters. The van der Waals surface area contributed by atoms with Crippen molar-refractivity contribution >= 4 is 12.1 Å². The van der Waals surface area contributed by atoms with Gasteiger partial charge in [-0.25, -0.2) is 14.6 Å². The highest BCUT2D eigenvalue weighted by Crippen LogP contribution is 2.30. The Bertz CT molecular complexity index is 685. The van der Waals surface area contributed by atoms with Gasteiger partial charge >= 0.3 is 18.2 Å². The van der Waals surface area contributed by atoms with Gasteiger partial charge in [0, 0.05) is 18.7 Å². The lowest BCUT2D eigenvalue weighted by atomic mass is 10.2. The molecule has 1 amide bonds. The Balaban J connectivity index is 2.10. The molecular formula is C17H21F3N2O5. The number of hydrogen-bond acceptors (Lipinski definition) is 6. The number of carbonyl (C=O) groups excluding carboxylic acids is 2. The van der Waals surface area contributed by atoms with Gasteiger partial charge in [0.05, 0.1) is 19.2 Å². The topological polar surface area (TPSA) is 78.0 Å². The summed E-state index contributed by atoms with van der Waals surface area (Å²) in [5, 5.41) is 0. The van der Waals surface area contributed by atoms with Crippen LogP contribution in [0.1, 0.15) is 32.8 Å². The van der Waals surface area contributed by atoms with Gasteiger partial charge in [-0.3, -0.25) is 4.90 Å². The van der Waals surface area contributed by atoms with Crippen molar-refractivity contribution in [1.82, 2.24) is 9.88 Å². The average molecular weight is 390 g/mol. The molecule has 150 valence electrons. The van der Waals surface area contributed by atoms with Crippen LogP contribution in [0.4, 0.5) is 18.0 Å². The van der Waals surface area contributed by atoms with Crippen molar-refractivity contribution in [3.05, 3.63) is 23.9 Å². The van der Waals surface area contributed by atoms with Crippen LogP contribution >= 0.6 is 0 Å². The van der Waals surface area contributed by atoms with Gasteiger partial charge in [0.2, 0.25) is 5.88 Å². The second-order valence-corrected chi connectivity index (χ2v) is 7.03. The zero-order chi connectivity index (χ0) is 20.4. The van der Waals surface area contributed by atoms with Crippen LogP contribution in [0.15, 0.2) is 18.3 Å². The van der Waals surface area contributed by atoms with Crippen LogP contribution in [-0.2, 0) is 20.4 Å². The fraction of sp³-hybridized carbons (Fsp3) is 0.588. The van der Waals surface area contributed by atoms with Crippen LogP contribution in [0.25, 0.3) is 0 Å². The van der Waals surface area contributed by atoms with Crippen LogP contribution in [0.5, 0.6) is 5.88 Å². The summed E-state index contributed by atoms with van der Waals surface area (Å²) in [6.07, 6.45) is -5.08. The summed E-state index contributed by atoms with van der Waals surface area (Å²) < 4.78 is 53.3. The van der Waals surface area contributed by atoms with Crippen molar-refractivity contribution in [1.29, 1.82) is 0 Å². The number of pyridine rings is 1. The first-order valence-electron chi connectivity index (χ1n) is 8.18. The average Bonchev–Trinajstić information content (AvgIpc) is 2.96. The molecule has 0 aliphatic carbocycles. The summed E-state index contributed by atoms with van der Waals surface area (Å²) in [6, 6.07) is 1.02. The number of aromatic nitrogens is 1. The number of rotatable bonds is 3. The molecule has 2 heterocycles. The first-order valence-corrected chi connectivity index (χ1v) is 8.18. The monoisotopic (exact) mass is 390 g/mol. The van der Waals surface area contributed by atoms with Gasteiger partial charge in [0.15, 0.2) is 0 Å². The number of nitrogens with zero attached hydrogens (tertiary/aromatic N) is 2. The third-order valence-electron chi connectivity index (χ3n) is 3.72. The molecule has 2 rings (SSSR count). The Morgan fingerprint density at radius 2 is 1.89 bits per heavy atom. The van der Waals surface area contributed by atoms with Gasteiger partial charge in [-0.05, 0) is 26.8 Å². The highest BCUT2D eigenvalue weighted by molar-refractivity contribution is 5.82. The van der Waals surface area contributed by atoms with E-state index < -0.39 is 41.5 Å². The lowest BCUT2D eigenvalue weighted by Crippen LogP contribution is -2.44. The van der Waals surface area contributed by atoms with Crippen molar-refractivity contribution in [2.75, 3.05) is 13.7 Å². The molecule has 0 N–H and O–H groups in total. The zero-order valence-electron chi connectivity index (χ0n) is 15.4. The largest absolute Gasteiger partial charge is 0.472 e. The SMILES string of the molecule is COC(=O)[C@@H]1C[C@H](Oc2ccc(C(F)(F)F)cn2)CN1C(=O)OC(C)(C)C. The molecular weight excluding hydrogens is 369 g/mol. The first-order chi connectivity index (χ1) is 12.4. The molecule has 0 spiro atoms. The maximum Gasteiger partial charge on any atom is 0.417 e. The molecule has 1 aromatic rings. The molecule has 0 radical (unpaired) electrons. The minimum Gasteiger partial charge on any atom is -0.472 e. The Kier molecular flexibility index (Phi) is 5.86. The highest BCUT2D eigenvalue weighted by Gasteiger charge is 2.43. The second kappa shape index (κ2) is 7.61. The summed E-state index contributed by atoms with van der Waals surface area (Å²) in [7, 11) is 1.20. The number of alkyl halides is 3. The fourth-order valence-electron chi connectivity index (χ4n) is 2.55. The van der Waals surface area contributed by atoms with E-state index in [0.717, 1.165) is 12.1 Å². The molecule has 0 bridgehead atoms. The van der Waals surface area contributed by atoms with E-state index in [9.17, 15) is 22.8 Å². The molecule has 10 heteroatoms. The van der Waals surface area contributed by atoms with Crippen molar-refractivity contribution in [2.45, 2.75) is 51.1 Å². The van der Waals surface area contributed by atoms with E-state index in [0.29, 0.717) is 6.20 Å². The Labute approximate surface area is 154 Å². The van der Waals surface area contributed by atoms with E-state index in [1.807, 2.05) is 0 Å². The number of ether oxygens (including phenoxy) is 3. The quantitative estimate of drug-likeness (QED) is 0.739. The van der Waals surface area contributed by atoms with Crippen LogP contribution in [0.3, 0.4) is 0 Å². The van der Waals surface area contributed by atoms with Gasteiger partial charge < -0.3 is 14.2 Å². The molecule has 1 fully saturated rings. The van der Waals surface area contributed by atoms with E-state index in [4.69, 9.17) is 14.2 Å². The Morgan fingerprint density at radius 1 is 1.22 bits per heavy atom. The number of amides is 1. The third kappa shape index (κ3) is 5.48. The molecule has 1 aromatic heterocycles. The van der Waals surface area contributed by atoms with Gasteiger partial charge in [-0.15, -0.1) is 0 Å². The van der Waals surface area contributed by atoms with E-state index >= 15 is 0 Å². The molecule has 27 heavy (non-hydrogen) atoms. The Hall–Kier alpha value is -2.52. The first kappa shape index (κ1) is 20.8. The normalized spacial score (nSPS) is 20.3. The highest BCUT2D eigenvalue weighted by atomic mass is 19.4. The zero-order valence-corrected chi connectivity index (χ0v) is 15.4. The molecule has 1 aliphatic rings. The summed E-state index contributed by atoms with van der Waals surface area (Å²) in [4.78, 5) is 29.1. The van der Waals surface area contributed by atoms with E-state index in [-0.39, 0.29) is 18.8 Å². The van der Waals surface area contributed by atoms with Crippen LogP contribution in [0, 0.1) is 0 Å². The summed E-state index contributed by atoms with van der Waals surface area (Å²) in [5.74, 6) is -0.671. The molecule has 1 saturated heterocycles. The maximum atomic E-state index is 12.6. The third-order valence-corrected chi connectivity index (χ3v) is 3.72.